The SMILES string of the molecule is C#CCCC(Cc1cccnc1)NC. The molecule has 14 heavy (non-hydrogen) atoms. The van der Waals surface area contributed by atoms with Crippen LogP contribution in [-0.4, -0.2) is 18.1 Å². The number of nitrogens with zero attached hydrogens (tertiary/aromatic N) is 1. The quantitative estimate of drug-likeness (QED) is 0.710. The number of rotatable bonds is 5. The topological polar surface area (TPSA) is 24.9 Å². The fourth-order valence-corrected chi connectivity index (χ4v) is 1.41. The first kappa shape index (κ1) is 10.7. The van der Waals surface area contributed by atoms with Crippen molar-refractivity contribution in [1.82, 2.24) is 10.3 Å². The van der Waals surface area contributed by atoms with Crippen molar-refractivity contribution in [3.05, 3.63) is 30.1 Å². The lowest BCUT2D eigenvalue weighted by Gasteiger charge is -2.14. The molecule has 0 saturated carbocycles. The Labute approximate surface area is 85.8 Å². The molecule has 0 amide bonds. The van der Waals surface area contributed by atoms with Gasteiger partial charge in [-0.05, 0) is 31.5 Å². The Bertz CT molecular complexity index is 287. The Hall–Kier alpha value is -1.33. The summed E-state index contributed by atoms with van der Waals surface area (Å²) in [4.78, 5) is 4.08. The molecule has 0 fully saturated rings. The highest BCUT2D eigenvalue weighted by Crippen LogP contribution is 2.05. The molecule has 1 aromatic heterocycles. The van der Waals surface area contributed by atoms with Gasteiger partial charge in [-0.1, -0.05) is 6.07 Å². The lowest BCUT2D eigenvalue weighted by molar-refractivity contribution is 0.527. The molecule has 0 radical (unpaired) electrons. The van der Waals surface area contributed by atoms with Crippen LogP contribution in [0.3, 0.4) is 0 Å². The maximum absolute atomic E-state index is 5.23. The van der Waals surface area contributed by atoms with E-state index in [2.05, 4.69) is 22.3 Å². The molecule has 0 aliphatic heterocycles. The summed E-state index contributed by atoms with van der Waals surface area (Å²) in [6, 6.07) is 4.51. The molecule has 1 unspecified atom stereocenters. The fourth-order valence-electron chi connectivity index (χ4n) is 1.41. The first-order valence-corrected chi connectivity index (χ1v) is 4.86. The van der Waals surface area contributed by atoms with E-state index in [0.29, 0.717) is 6.04 Å². The predicted octanol–water partition coefficient (Wildman–Crippen LogP) is 1.63. The van der Waals surface area contributed by atoms with E-state index in [4.69, 9.17) is 6.42 Å². The van der Waals surface area contributed by atoms with E-state index in [1.165, 1.54) is 5.56 Å². The number of likely N-dealkylation sites (N-methyl/N-ethyl adjacent to an activating group) is 1. The van der Waals surface area contributed by atoms with Gasteiger partial charge in [0.2, 0.25) is 0 Å². The number of hydrogen-bond acceptors (Lipinski definition) is 2. The summed E-state index contributed by atoms with van der Waals surface area (Å²) in [5, 5.41) is 3.26. The van der Waals surface area contributed by atoms with Crippen LogP contribution in [0.2, 0.25) is 0 Å². The second-order valence-electron chi connectivity index (χ2n) is 3.29. The molecule has 0 aromatic carbocycles. The third-order valence-corrected chi connectivity index (χ3v) is 2.25. The van der Waals surface area contributed by atoms with Crippen LogP contribution in [-0.2, 0) is 6.42 Å². The van der Waals surface area contributed by atoms with Gasteiger partial charge < -0.3 is 5.32 Å². The molecule has 1 N–H and O–H groups in total. The molecule has 1 rings (SSSR count). The molecule has 0 aliphatic rings. The minimum atomic E-state index is 0.454. The molecule has 1 heterocycles. The normalized spacial score (nSPS) is 12.0. The predicted molar refractivity (Wildman–Crippen MR) is 58.9 cm³/mol. The number of pyridine rings is 1. The van der Waals surface area contributed by atoms with E-state index in [1.54, 1.807) is 6.20 Å². The average Bonchev–Trinajstić information content (AvgIpc) is 2.25. The van der Waals surface area contributed by atoms with E-state index >= 15 is 0 Å². The zero-order valence-corrected chi connectivity index (χ0v) is 8.53. The van der Waals surface area contributed by atoms with Crippen LogP contribution in [0.25, 0.3) is 0 Å². The van der Waals surface area contributed by atoms with Crippen molar-refractivity contribution in [3.63, 3.8) is 0 Å². The van der Waals surface area contributed by atoms with Crippen molar-refractivity contribution < 1.29 is 0 Å². The molecule has 1 atom stereocenters. The lowest BCUT2D eigenvalue weighted by Crippen LogP contribution is -2.27. The van der Waals surface area contributed by atoms with Crippen LogP contribution in [0.1, 0.15) is 18.4 Å². The number of hydrogen-bond donors (Lipinski definition) is 1. The minimum Gasteiger partial charge on any atom is -0.317 e. The second kappa shape index (κ2) is 6.17. The number of aromatic nitrogens is 1. The molecule has 74 valence electrons. The van der Waals surface area contributed by atoms with Gasteiger partial charge in [-0.2, -0.15) is 0 Å². The summed E-state index contributed by atoms with van der Waals surface area (Å²) in [5.41, 5.74) is 1.25. The van der Waals surface area contributed by atoms with E-state index in [-0.39, 0.29) is 0 Å². The van der Waals surface area contributed by atoms with E-state index in [9.17, 15) is 0 Å². The Morgan fingerprint density at radius 3 is 3.07 bits per heavy atom. The summed E-state index contributed by atoms with van der Waals surface area (Å²) in [6.45, 7) is 0. The third kappa shape index (κ3) is 3.59. The van der Waals surface area contributed by atoms with Gasteiger partial charge in [-0.25, -0.2) is 0 Å². The van der Waals surface area contributed by atoms with Crippen LogP contribution >= 0.6 is 0 Å². The standard InChI is InChI=1S/C12H16N2/c1-3-4-7-12(13-2)9-11-6-5-8-14-10-11/h1,5-6,8,10,12-13H,4,7,9H2,2H3. The van der Waals surface area contributed by atoms with Gasteiger partial charge >= 0.3 is 0 Å². The van der Waals surface area contributed by atoms with Gasteiger partial charge in [0.15, 0.2) is 0 Å². The van der Waals surface area contributed by atoms with Crippen LogP contribution < -0.4 is 5.32 Å². The van der Waals surface area contributed by atoms with Gasteiger partial charge in [0.1, 0.15) is 0 Å². The Morgan fingerprint density at radius 1 is 1.64 bits per heavy atom. The zero-order chi connectivity index (χ0) is 10.2. The number of nitrogens with one attached hydrogen (secondary N) is 1. The van der Waals surface area contributed by atoms with E-state index < -0.39 is 0 Å². The molecule has 0 saturated heterocycles. The van der Waals surface area contributed by atoms with Crippen molar-refractivity contribution in [2.24, 2.45) is 0 Å². The molecule has 0 aliphatic carbocycles. The highest BCUT2D eigenvalue weighted by atomic mass is 14.9. The van der Waals surface area contributed by atoms with Gasteiger partial charge in [-0.3, -0.25) is 4.98 Å². The molecule has 0 bridgehead atoms. The first-order valence-electron chi connectivity index (χ1n) is 4.86. The third-order valence-electron chi connectivity index (χ3n) is 2.25. The molecule has 2 nitrogen and oxygen atoms in total. The van der Waals surface area contributed by atoms with Gasteiger partial charge in [0.05, 0.1) is 0 Å². The molecular weight excluding hydrogens is 172 g/mol. The van der Waals surface area contributed by atoms with Crippen molar-refractivity contribution >= 4 is 0 Å². The van der Waals surface area contributed by atoms with Gasteiger partial charge in [0.25, 0.3) is 0 Å². The summed E-state index contributed by atoms with van der Waals surface area (Å²) in [6.07, 6.45) is 11.8. The zero-order valence-electron chi connectivity index (χ0n) is 8.53. The Kier molecular flexibility index (Phi) is 4.74. The van der Waals surface area contributed by atoms with E-state index in [0.717, 1.165) is 19.3 Å². The maximum Gasteiger partial charge on any atom is 0.0300 e. The molecule has 2 heteroatoms. The lowest BCUT2D eigenvalue weighted by atomic mass is 10.0. The highest BCUT2D eigenvalue weighted by molar-refractivity contribution is 5.10. The van der Waals surface area contributed by atoms with Gasteiger partial charge in [-0.15, -0.1) is 12.3 Å². The molecular formula is C12H16N2. The minimum absolute atomic E-state index is 0.454. The molecule has 0 spiro atoms. The summed E-state index contributed by atoms with van der Waals surface area (Å²) in [5.74, 6) is 2.66. The fraction of sp³-hybridized carbons (Fsp3) is 0.417. The Morgan fingerprint density at radius 2 is 2.50 bits per heavy atom. The van der Waals surface area contributed by atoms with Crippen LogP contribution in [0.15, 0.2) is 24.5 Å². The van der Waals surface area contributed by atoms with Crippen LogP contribution in [0.5, 0.6) is 0 Å². The first-order chi connectivity index (χ1) is 6.86. The second-order valence-corrected chi connectivity index (χ2v) is 3.29. The summed E-state index contributed by atoms with van der Waals surface area (Å²) >= 11 is 0. The van der Waals surface area contributed by atoms with Crippen LogP contribution in [0, 0.1) is 12.3 Å². The largest absolute Gasteiger partial charge is 0.317 e. The van der Waals surface area contributed by atoms with Crippen molar-refractivity contribution in [1.29, 1.82) is 0 Å². The average molecular weight is 188 g/mol. The van der Waals surface area contributed by atoms with Crippen molar-refractivity contribution in [2.45, 2.75) is 25.3 Å². The van der Waals surface area contributed by atoms with Crippen LogP contribution in [0.4, 0.5) is 0 Å². The Balaban J connectivity index is 2.45. The number of terminal acetylenes is 1. The summed E-state index contributed by atoms with van der Waals surface area (Å²) in [7, 11) is 1.97. The monoisotopic (exact) mass is 188 g/mol. The maximum atomic E-state index is 5.23. The van der Waals surface area contributed by atoms with Gasteiger partial charge in [0, 0.05) is 24.9 Å². The van der Waals surface area contributed by atoms with Crippen molar-refractivity contribution in [3.8, 4) is 12.3 Å². The smallest absolute Gasteiger partial charge is 0.0300 e. The van der Waals surface area contributed by atoms with Crippen molar-refractivity contribution in [2.75, 3.05) is 7.05 Å². The molecule has 1 aromatic rings. The highest BCUT2D eigenvalue weighted by Gasteiger charge is 2.05. The summed E-state index contributed by atoms with van der Waals surface area (Å²) < 4.78 is 0. The van der Waals surface area contributed by atoms with E-state index in [1.807, 2.05) is 19.3 Å².